The van der Waals surface area contributed by atoms with Gasteiger partial charge in [-0.1, -0.05) is 0 Å². The third-order valence-electron chi connectivity index (χ3n) is 3.67. The van der Waals surface area contributed by atoms with Gasteiger partial charge < -0.3 is 15.5 Å². The van der Waals surface area contributed by atoms with Crippen LogP contribution in [0.25, 0.3) is 0 Å². The van der Waals surface area contributed by atoms with E-state index in [4.69, 9.17) is 12.2 Å². The molecule has 2 aliphatic rings. The lowest BCUT2D eigenvalue weighted by atomic mass is 10.1. The summed E-state index contributed by atoms with van der Waals surface area (Å²) in [5.41, 5.74) is 0. The van der Waals surface area contributed by atoms with Gasteiger partial charge in [0.1, 0.15) is 0 Å². The summed E-state index contributed by atoms with van der Waals surface area (Å²) in [6, 6.07) is 0. The van der Waals surface area contributed by atoms with Crippen LogP contribution in [0.5, 0.6) is 0 Å². The minimum Gasteiger partial charge on any atom is -0.335 e. The van der Waals surface area contributed by atoms with E-state index in [1.165, 1.54) is 38.6 Å². The molecule has 110 valence electrons. The standard InChI is InChI=1S/C13H20N4O2S/c18-11-10(12(19)16-13(20)15-11)9-14-5-4-8-17-6-2-1-3-7-17/h9-10H,1-8H2,(H2,15,16,18,19,20)/p+1. The van der Waals surface area contributed by atoms with Crippen molar-refractivity contribution in [3.05, 3.63) is 0 Å². The molecule has 0 spiro atoms. The Labute approximate surface area is 124 Å². The van der Waals surface area contributed by atoms with E-state index in [2.05, 4.69) is 15.6 Å². The highest BCUT2D eigenvalue weighted by Gasteiger charge is 2.30. The maximum absolute atomic E-state index is 11.6. The van der Waals surface area contributed by atoms with E-state index in [9.17, 15) is 9.59 Å². The van der Waals surface area contributed by atoms with E-state index in [1.54, 1.807) is 4.90 Å². The molecule has 0 atom stereocenters. The van der Waals surface area contributed by atoms with Crippen molar-refractivity contribution in [3.8, 4) is 0 Å². The summed E-state index contributed by atoms with van der Waals surface area (Å²) >= 11 is 4.73. The molecule has 7 heteroatoms. The average Bonchev–Trinajstić information content (AvgIpc) is 2.42. The monoisotopic (exact) mass is 297 g/mol. The maximum Gasteiger partial charge on any atom is 0.244 e. The van der Waals surface area contributed by atoms with Crippen LogP contribution in [-0.2, 0) is 9.59 Å². The molecule has 2 saturated heterocycles. The Morgan fingerprint density at radius 3 is 2.50 bits per heavy atom. The molecule has 2 fully saturated rings. The number of aliphatic imine (C=N–C) groups is 1. The zero-order valence-electron chi connectivity index (χ0n) is 11.5. The summed E-state index contributed by atoms with van der Waals surface area (Å²) < 4.78 is 0. The molecular weight excluding hydrogens is 276 g/mol. The van der Waals surface area contributed by atoms with Crippen LogP contribution >= 0.6 is 12.2 Å². The maximum atomic E-state index is 11.6. The SMILES string of the molecule is O=C1NC(=S)NC(=O)C1C=NCCC[NH+]1CCCCC1. The molecule has 3 N–H and O–H groups in total. The molecule has 0 aromatic carbocycles. The van der Waals surface area contributed by atoms with Crippen molar-refractivity contribution >= 4 is 35.4 Å². The fourth-order valence-corrected chi connectivity index (χ4v) is 2.77. The molecule has 2 rings (SSSR count). The van der Waals surface area contributed by atoms with Gasteiger partial charge in [-0.05, 0) is 31.5 Å². The zero-order chi connectivity index (χ0) is 14.4. The first kappa shape index (κ1) is 15.1. The van der Waals surface area contributed by atoms with Crippen LogP contribution in [0.4, 0.5) is 0 Å². The number of nitrogens with zero attached hydrogens (tertiary/aromatic N) is 1. The highest BCUT2D eigenvalue weighted by molar-refractivity contribution is 7.80. The highest BCUT2D eigenvalue weighted by Crippen LogP contribution is 1.99. The first-order valence-corrected chi connectivity index (χ1v) is 7.57. The van der Waals surface area contributed by atoms with Crippen molar-refractivity contribution in [1.29, 1.82) is 0 Å². The summed E-state index contributed by atoms with van der Waals surface area (Å²) in [5, 5.41) is 4.90. The fourth-order valence-electron chi connectivity index (χ4n) is 2.57. The molecule has 20 heavy (non-hydrogen) atoms. The molecule has 2 heterocycles. The fraction of sp³-hybridized carbons (Fsp3) is 0.692. The molecule has 0 aliphatic carbocycles. The normalized spacial score (nSPS) is 22.1. The second-order valence-corrected chi connectivity index (χ2v) is 5.66. The topological polar surface area (TPSA) is 75.0 Å². The van der Waals surface area contributed by atoms with Crippen molar-refractivity contribution in [3.63, 3.8) is 0 Å². The summed E-state index contributed by atoms with van der Waals surface area (Å²) in [6.45, 7) is 4.29. The van der Waals surface area contributed by atoms with Crippen LogP contribution in [0.3, 0.4) is 0 Å². The van der Waals surface area contributed by atoms with E-state index >= 15 is 0 Å². The minimum atomic E-state index is -0.857. The molecule has 0 aromatic heterocycles. The lowest BCUT2D eigenvalue weighted by Crippen LogP contribution is -3.12. The van der Waals surface area contributed by atoms with Gasteiger partial charge in [0.2, 0.25) is 11.8 Å². The average molecular weight is 297 g/mol. The molecule has 0 bridgehead atoms. The summed E-state index contributed by atoms with van der Waals surface area (Å²) in [6.07, 6.45) is 6.41. The minimum absolute atomic E-state index is 0.0679. The lowest BCUT2D eigenvalue weighted by Gasteiger charge is -2.23. The second-order valence-electron chi connectivity index (χ2n) is 5.25. The first-order valence-electron chi connectivity index (χ1n) is 7.16. The quantitative estimate of drug-likeness (QED) is 0.255. The zero-order valence-corrected chi connectivity index (χ0v) is 12.3. The molecule has 0 aromatic rings. The van der Waals surface area contributed by atoms with Gasteiger partial charge in [-0.15, -0.1) is 0 Å². The Morgan fingerprint density at radius 2 is 1.85 bits per heavy atom. The van der Waals surface area contributed by atoms with Crippen molar-refractivity contribution in [1.82, 2.24) is 10.6 Å². The third kappa shape index (κ3) is 4.35. The number of rotatable bonds is 5. The predicted molar refractivity (Wildman–Crippen MR) is 79.8 cm³/mol. The van der Waals surface area contributed by atoms with E-state index in [0.717, 1.165) is 13.0 Å². The molecule has 2 amide bonds. The number of carbonyl (C=O) groups excluding carboxylic acids is 2. The van der Waals surface area contributed by atoms with Crippen molar-refractivity contribution < 1.29 is 14.5 Å². The number of hydrogen-bond donors (Lipinski definition) is 3. The van der Waals surface area contributed by atoms with E-state index < -0.39 is 17.7 Å². The Hall–Kier alpha value is -1.34. The summed E-state index contributed by atoms with van der Waals surface area (Å²) in [4.78, 5) is 29.0. The van der Waals surface area contributed by atoms with Gasteiger partial charge in [-0.25, -0.2) is 0 Å². The molecule has 0 saturated carbocycles. The number of hydrogen-bond acceptors (Lipinski definition) is 4. The molecule has 6 nitrogen and oxygen atoms in total. The molecular formula is C13H21N4O2S+. The van der Waals surface area contributed by atoms with E-state index in [0.29, 0.717) is 6.54 Å². The van der Waals surface area contributed by atoms with E-state index in [-0.39, 0.29) is 5.11 Å². The van der Waals surface area contributed by atoms with Crippen molar-refractivity contribution in [2.24, 2.45) is 10.9 Å². The third-order valence-corrected chi connectivity index (χ3v) is 3.88. The molecule has 0 unspecified atom stereocenters. The molecule has 2 aliphatic heterocycles. The van der Waals surface area contributed by atoms with Crippen molar-refractivity contribution in [2.45, 2.75) is 25.7 Å². The van der Waals surface area contributed by atoms with Crippen LogP contribution in [0.2, 0.25) is 0 Å². The Balaban J connectivity index is 1.68. The highest BCUT2D eigenvalue weighted by atomic mass is 32.1. The Bertz CT molecular complexity index is 399. The van der Waals surface area contributed by atoms with Gasteiger partial charge in [0.15, 0.2) is 11.0 Å². The second kappa shape index (κ2) is 7.44. The number of amides is 2. The van der Waals surface area contributed by atoms with Gasteiger partial charge in [0.25, 0.3) is 0 Å². The lowest BCUT2D eigenvalue weighted by molar-refractivity contribution is -0.904. The number of likely N-dealkylation sites (tertiary alicyclic amines) is 1. The van der Waals surface area contributed by atoms with Gasteiger partial charge >= 0.3 is 0 Å². The van der Waals surface area contributed by atoms with Crippen molar-refractivity contribution in [2.75, 3.05) is 26.2 Å². The smallest absolute Gasteiger partial charge is 0.244 e. The van der Waals surface area contributed by atoms with Gasteiger partial charge in [0.05, 0.1) is 19.6 Å². The Morgan fingerprint density at radius 1 is 1.20 bits per heavy atom. The van der Waals surface area contributed by atoms with Crippen LogP contribution in [0, 0.1) is 5.92 Å². The molecule has 0 radical (unpaired) electrons. The number of quaternary nitrogens is 1. The van der Waals surface area contributed by atoms with Crippen LogP contribution < -0.4 is 15.5 Å². The number of piperidine rings is 1. The van der Waals surface area contributed by atoms with Gasteiger partial charge in [-0.2, -0.15) is 0 Å². The number of carbonyl (C=O) groups is 2. The number of thiocarbonyl (C=S) groups is 1. The Kier molecular flexibility index (Phi) is 5.60. The predicted octanol–water partition coefficient (Wildman–Crippen LogP) is -1.34. The number of nitrogens with one attached hydrogen (secondary N) is 3. The summed E-state index contributed by atoms with van der Waals surface area (Å²) in [5.74, 6) is -1.66. The van der Waals surface area contributed by atoms with Crippen LogP contribution in [-0.4, -0.2) is 49.3 Å². The largest absolute Gasteiger partial charge is 0.335 e. The van der Waals surface area contributed by atoms with E-state index in [1.807, 2.05) is 0 Å². The first-order chi connectivity index (χ1) is 9.66. The van der Waals surface area contributed by atoms with Gasteiger partial charge in [0, 0.05) is 19.2 Å². The summed E-state index contributed by atoms with van der Waals surface area (Å²) in [7, 11) is 0. The van der Waals surface area contributed by atoms with Gasteiger partial charge in [-0.3, -0.25) is 14.6 Å². The van der Waals surface area contributed by atoms with Crippen LogP contribution in [0.1, 0.15) is 25.7 Å². The van der Waals surface area contributed by atoms with Crippen LogP contribution in [0.15, 0.2) is 4.99 Å².